The standard InChI is InChI=1S/C21H31O4P.Na/c1-3-4-7-15(2)20(22)10-9-18-19-13-16(8-5-6-11-26(24)25)12-17(19)14-21(18)23;/h8-10,15,17-23H,5-7,11-14H2,1-2H3;/q;+1/b10-9+,16-8+;/t15?,17?,18-,19+,20?,21-;/m1./s1. The van der Waals surface area contributed by atoms with E-state index in [1.165, 1.54) is 5.57 Å². The molecule has 7 atom stereocenters. The maximum absolute atomic E-state index is 10.6. The number of rotatable bonds is 8. The second-order valence-electron chi connectivity index (χ2n) is 7.76. The van der Waals surface area contributed by atoms with Gasteiger partial charge in [0.1, 0.15) is 6.16 Å². The molecule has 2 aliphatic rings. The summed E-state index contributed by atoms with van der Waals surface area (Å²) in [6.07, 6.45) is 10.4. The summed E-state index contributed by atoms with van der Waals surface area (Å²) in [5.74, 6) is 6.97. The molecule has 0 aromatic rings. The normalized spacial score (nSPS) is 31.1. The van der Waals surface area contributed by atoms with Gasteiger partial charge < -0.3 is 15.1 Å². The third-order valence-corrected chi connectivity index (χ3v) is 6.48. The molecule has 2 saturated carbocycles. The molecule has 2 N–H and O–H groups in total. The fraction of sp³-hybridized carbons (Fsp3) is 0.714. The number of hydrogen-bond donors (Lipinski definition) is 2. The number of hydrogen-bond acceptors (Lipinski definition) is 4. The van der Waals surface area contributed by atoms with Crippen molar-refractivity contribution in [3.63, 3.8) is 0 Å². The van der Waals surface area contributed by atoms with E-state index in [4.69, 9.17) is 0 Å². The average molecular weight is 401 g/mol. The zero-order chi connectivity index (χ0) is 19.1. The molecule has 0 spiro atoms. The largest absolute Gasteiger partial charge is 1.00 e. The number of unbranched alkanes of at least 4 members (excludes halogenated alkanes) is 1. The van der Waals surface area contributed by atoms with E-state index < -0.39 is 14.1 Å². The first-order valence-corrected chi connectivity index (χ1v) is 11.0. The molecule has 0 heterocycles. The molecule has 27 heavy (non-hydrogen) atoms. The smallest absolute Gasteiger partial charge is 0.596 e. The molecule has 144 valence electrons. The first kappa shape index (κ1) is 25.1. The molecule has 0 aromatic carbocycles. The van der Waals surface area contributed by atoms with Crippen LogP contribution in [0.5, 0.6) is 0 Å². The number of fused-ring (bicyclic) bond motifs is 1. The van der Waals surface area contributed by atoms with E-state index in [0.29, 0.717) is 24.7 Å². The molecule has 0 bridgehead atoms. The second-order valence-corrected chi connectivity index (χ2v) is 8.87. The van der Waals surface area contributed by atoms with Gasteiger partial charge in [0.05, 0.1) is 12.2 Å². The molecule has 2 fully saturated rings. The summed E-state index contributed by atoms with van der Waals surface area (Å²) in [6.45, 7) is 3.79. The molecular weight excluding hydrogens is 370 g/mol. The molecule has 0 saturated heterocycles. The number of aliphatic hydroxyl groups excluding tert-OH is 2. The fourth-order valence-corrected chi connectivity index (χ4v) is 4.72. The molecule has 6 heteroatoms. The van der Waals surface area contributed by atoms with Crippen LogP contribution in [0.4, 0.5) is 0 Å². The van der Waals surface area contributed by atoms with E-state index in [9.17, 15) is 19.7 Å². The van der Waals surface area contributed by atoms with Gasteiger partial charge in [-0.05, 0) is 56.8 Å². The molecule has 0 amide bonds. The summed E-state index contributed by atoms with van der Waals surface area (Å²) in [5.41, 5.74) is 1.40. The Labute approximate surface area is 186 Å². The summed E-state index contributed by atoms with van der Waals surface area (Å²) >= 11 is 0. The maximum atomic E-state index is 10.6. The van der Waals surface area contributed by atoms with Crippen LogP contribution in [-0.4, -0.2) is 28.6 Å². The Morgan fingerprint density at radius 1 is 1.41 bits per heavy atom. The van der Waals surface area contributed by atoms with Crippen molar-refractivity contribution < 1.29 is 49.2 Å². The van der Waals surface area contributed by atoms with Gasteiger partial charge in [0, 0.05) is 12.3 Å². The van der Waals surface area contributed by atoms with Crippen LogP contribution in [0, 0.1) is 35.5 Å². The molecule has 0 aromatic heterocycles. The summed E-state index contributed by atoms with van der Waals surface area (Å²) in [4.78, 5) is 10.6. The summed E-state index contributed by atoms with van der Waals surface area (Å²) < 4.78 is 10.6. The Bertz CT molecular complexity index is 607. The topological polar surface area (TPSA) is 80.6 Å². The van der Waals surface area contributed by atoms with Crippen molar-refractivity contribution in [1.82, 2.24) is 0 Å². The Morgan fingerprint density at radius 3 is 2.81 bits per heavy atom. The van der Waals surface area contributed by atoms with Crippen molar-refractivity contribution in [2.75, 3.05) is 6.16 Å². The minimum atomic E-state index is -2.27. The second kappa shape index (κ2) is 12.6. The van der Waals surface area contributed by atoms with Crippen molar-refractivity contribution in [1.29, 1.82) is 0 Å². The van der Waals surface area contributed by atoms with E-state index in [-0.39, 0.29) is 53.7 Å². The van der Waals surface area contributed by atoms with Crippen LogP contribution in [0.3, 0.4) is 0 Å². The summed E-state index contributed by atoms with van der Waals surface area (Å²) in [5, 5.41) is 20.7. The van der Waals surface area contributed by atoms with Crippen LogP contribution in [-0.2, 0) is 4.57 Å². The first-order chi connectivity index (χ1) is 12.4. The van der Waals surface area contributed by atoms with Gasteiger partial charge in [-0.1, -0.05) is 35.3 Å². The van der Waals surface area contributed by atoms with Gasteiger partial charge in [-0.3, -0.25) is 0 Å². The minimum Gasteiger partial charge on any atom is -0.596 e. The Balaban J connectivity index is 0.00000364. The van der Waals surface area contributed by atoms with Gasteiger partial charge in [0.25, 0.3) is 0 Å². The number of aliphatic hydroxyl groups is 2. The van der Waals surface area contributed by atoms with Crippen molar-refractivity contribution in [2.24, 2.45) is 23.7 Å². The van der Waals surface area contributed by atoms with Gasteiger partial charge in [-0.15, -0.1) is 11.8 Å². The predicted octanol–water partition coefficient (Wildman–Crippen LogP) is 0.173. The molecule has 0 radical (unpaired) electrons. The third kappa shape index (κ3) is 7.75. The molecule has 2 aliphatic carbocycles. The molecule has 4 nitrogen and oxygen atoms in total. The van der Waals surface area contributed by atoms with Crippen molar-refractivity contribution in [3.05, 3.63) is 23.8 Å². The number of allylic oxidation sites excluding steroid dienone is 2. The molecule has 0 aliphatic heterocycles. The average Bonchev–Trinajstić information content (AvgIpc) is 3.10. The van der Waals surface area contributed by atoms with Crippen molar-refractivity contribution >= 4 is 8.03 Å². The van der Waals surface area contributed by atoms with Crippen LogP contribution in [0.2, 0.25) is 0 Å². The van der Waals surface area contributed by atoms with Crippen LogP contribution in [0.15, 0.2) is 23.8 Å². The fourth-order valence-electron chi connectivity index (χ4n) is 4.28. The minimum absolute atomic E-state index is 0. The summed E-state index contributed by atoms with van der Waals surface area (Å²) in [7, 11) is -2.27. The Hall–Kier alpha value is 0.0200. The molecule has 2 rings (SSSR count). The van der Waals surface area contributed by atoms with Crippen molar-refractivity contribution in [2.45, 2.75) is 64.6 Å². The van der Waals surface area contributed by atoms with Crippen LogP contribution < -0.4 is 34.5 Å². The van der Waals surface area contributed by atoms with Crippen molar-refractivity contribution in [3.8, 4) is 11.8 Å². The van der Waals surface area contributed by atoms with Gasteiger partial charge in [-0.2, -0.15) is 0 Å². The van der Waals surface area contributed by atoms with E-state index in [1.54, 1.807) is 6.92 Å². The van der Waals surface area contributed by atoms with Crippen LogP contribution in [0.1, 0.15) is 52.4 Å². The van der Waals surface area contributed by atoms with Crippen LogP contribution in [0.25, 0.3) is 0 Å². The molecule has 4 unspecified atom stereocenters. The zero-order valence-corrected chi connectivity index (χ0v) is 19.7. The predicted molar refractivity (Wildman–Crippen MR) is 102 cm³/mol. The maximum Gasteiger partial charge on any atom is 1.00 e. The quantitative estimate of drug-likeness (QED) is 0.200. The van der Waals surface area contributed by atoms with E-state index in [2.05, 4.69) is 17.9 Å². The van der Waals surface area contributed by atoms with E-state index in [1.807, 2.05) is 19.1 Å². The van der Waals surface area contributed by atoms with E-state index >= 15 is 0 Å². The summed E-state index contributed by atoms with van der Waals surface area (Å²) in [6, 6.07) is 0. The van der Waals surface area contributed by atoms with Gasteiger partial charge in [0.15, 0.2) is 0 Å². The zero-order valence-electron chi connectivity index (χ0n) is 16.8. The first-order valence-electron chi connectivity index (χ1n) is 9.66. The monoisotopic (exact) mass is 401 g/mol. The van der Waals surface area contributed by atoms with Crippen LogP contribution >= 0.6 is 8.03 Å². The van der Waals surface area contributed by atoms with E-state index in [0.717, 1.165) is 25.7 Å². The Kier molecular flexibility index (Phi) is 11.7. The Morgan fingerprint density at radius 2 is 2.15 bits per heavy atom. The van der Waals surface area contributed by atoms with Gasteiger partial charge >= 0.3 is 37.6 Å². The van der Waals surface area contributed by atoms with Gasteiger partial charge in [-0.25, -0.2) is 0 Å². The van der Waals surface area contributed by atoms with Gasteiger partial charge in [0.2, 0.25) is 0 Å². The molecular formula is C21H31NaO4P+. The third-order valence-electron chi connectivity index (χ3n) is 5.80. The SMILES string of the molecule is CC#CCC(C)C(O)/C=C/[C@H]1[C@H](O)CC2C/C(=C\CCC[P+](=O)[O-])C[C@@H]21.[Na+].